The van der Waals surface area contributed by atoms with Gasteiger partial charge in [-0.15, -0.1) is 0 Å². The summed E-state index contributed by atoms with van der Waals surface area (Å²) >= 11 is 0. The van der Waals surface area contributed by atoms with E-state index in [4.69, 9.17) is 0 Å². The Balaban J connectivity index is 0.000000228. The molecule has 36 heavy (non-hydrogen) atoms. The summed E-state index contributed by atoms with van der Waals surface area (Å²) in [6.45, 7) is 16.8. The number of aryl methyl sites for hydroxylation is 2. The van der Waals surface area contributed by atoms with E-state index in [9.17, 15) is 0 Å². The van der Waals surface area contributed by atoms with Crippen molar-refractivity contribution in [1.29, 1.82) is 0 Å². The van der Waals surface area contributed by atoms with Gasteiger partial charge in [0.15, 0.2) is 0 Å². The molecule has 0 aromatic heterocycles. The van der Waals surface area contributed by atoms with E-state index in [1.807, 2.05) is 27.7 Å². The highest BCUT2D eigenvalue weighted by atomic mass is 14.1. The zero-order valence-electron chi connectivity index (χ0n) is 23.8. The molecular weight excluding hydrogens is 432 g/mol. The van der Waals surface area contributed by atoms with Crippen LogP contribution in [-0.4, -0.2) is 0 Å². The maximum Gasteiger partial charge on any atom is 0.0198 e. The van der Waals surface area contributed by atoms with Gasteiger partial charge in [-0.25, -0.2) is 0 Å². The van der Waals surface area contributed by atoms with Gasteiger partial charge in [0.1, 0.15) is 0 Å². The van der Waals surface area contributed by atoms with Crippen LogP contribution in [0.15, 0.2) is 91.0 Å². The van der Waals surface area contributed by atoms with Crippen LogP contribution >= 0.6 is 0 Å². The second-order valence-corrected chi connectivity index (χ2v) is 8.89. The van der Waals surface area contributed by atoms with Crippen LogP contribution in [0.3, 0.4) is 0 Å². The molecule has 0 N–H and O–H groups in total. The van der Waals surface area contributed by atoms with E-state index in [1.165, 1.54) is 49.9 Å². The normalized spacial score (nSPS) is 16.8. The number of hydrogen-bond acceptors (Lipinski definition) is 0. The predicted octanol–water partition coefficient (Wildman–Crippen LogP) is 10.4. The first-order valence-corrected chi connectivity index (χ1v) is 13.9. The molecule has 5 rings (SSSR count). The van der Waals surface area contributed by atoms with Crippen LogP contribution < -0.4 is 5.22 Å². The summed E-state index contributed by atoms with van der Waals surface area (Å²) in [7, 11) is 0. The van der Waals surface area contributed by atoms with Crippen LogP contribution in [0.4, 0.5) is 0 Å². The Morgan fingerprint density at radius 3 is 2.14 bits per heavy atom. The van der Waals surface area contributed by atoms with Gasteiger partial charge in [0.25, 0.3) is 0 Å². The first-order valence-electron chi connectivity index (χ1n) is 13.9. The van der Waals surface area contributed by atoms with E-state index in [0.29, 0.717) is 11.8 Å². The van der Waals surface area contributed by atoms with Crippen molar-refractivity contribution in [3.8, 4) is 0 Å². The number of benzene rings is 4. The Labute approximate surface area is 220 Å². The van der Waals surface area contributed by atoms with Crippen LogP contribution in [0.5, 0.6) is 0 Å². The van der Waals surface area contributed by atoms with Gasteiger partial charge in [-0.3, -0.25) is 0 Å². The van der Waals surface area contributed by atoms with Gasteiger partial charge in [0.05, 0.1) is 0 Å². The SMILES string of the molecule is C/C=c1/ccc2ccc(C)c3ccc(CC)c1c23.CC.CC.CC1C=CC(c2ccccc2)C=CC1. The fourth-order valence-electron chi connectivity index (χ4n) is 4.72. The Hall–Kier alpha value is -3.12. The van der Waals surface area contributed by atoms with E-state index in [1.54, 1.807) is 0 Å². The molecule has 0 heteroatoms. The fourth-order valence-corrected chi connectivity index (χ4v) is 4.72. The largest absolute Gasteiger partial charge is 0.0870 e. The molecule has 2 unspecified atom stereocenters. The standard InChI is InChI=1S/C18H18.C14H16.2C2H6/c1-4-13-8-9-15-7-6-12(3)16-11-10-14(5-2)17(13)18(15)16;1-12-6-5-9-14(11-10-12)13-7-3-2-4-8-13;2*1-2/h4,6-11H,5H2,1-3H3;2-5,7-12,14H,6H2,1H3;2*1-2H3/b13-4-;;;. The molecule has 4 aromatic rings. The van der Waals surface area contributed by atoms with Crippen molar-refractivity contribution < 1.29 is 0 Å². The van der Waals surface area contributed by atoms with E-state index >= 15 is 0 Å². The topological polar surface area (TPSA) is 0 Å². The lowest BCUT2D eigenvalue weighted by molar-refractivity contribution is 0.747. The molecule has 0 saturated carbocycles. The molecule has 0 saturated heterocycles. The highest BCUT2D eigenvalue weighted by Gasteiger charge is 2.09. The van der Waals surface area contributed by atoms with Gasteiger partial charge >= 0.3 is 0 Å². The van der Waals surface area contributed by atoms with Crippen LogP contribution in [0.1, 0.15) is 77.5 Å². The minimum absolute atomic E-state index is 0.473. The Bertz CT molecular complexity index is 1300. The smallest absolute Gasteiger partial charge is 0.0198 e. The summed E-state index contributed by atoms with van der Waals surface area (Å²) in [6.07, 6.45) is 13.7. The molecule has 1 aliphatic carbocycles. The Morgan fingerprint density at radius 2 is 1.47 bits per heavy atom. The van der Waals surface area contributed by atoms with Crippen LogP contribution in [0, 0.1) is 12.8 Å². The molecule has 0 spiro atoms. The van der Waals surface area contributed by atoms with Crippen molar-refractivity contribution in [3.63, 3.8) is 0 Å². The summed E-state index contributed by atoms with van der Waals surface area (Å²) in [6, 6.07) is 24.2. The predicted molar refractivity (Wildman–Crippen MR) is 165 cm³/mol. The lowest BCUT2D eigenvalue weighted by Crippen LogP contribution is -2.04. The van der Waals surface area contributed by atoms with Gasteiger partial charge in [0, 0.05) is 5.92 Å². The third kappa shape index (κ3) is 6.97. The molecule has 0 heterocycles. The summed E-state index contributed by atoms with van der Waals surface area (Å²) in [5.41, 5.74) is 4.20. The average molecular weight is 479 g/mol. The second-order valence-electron chi connectivity index (χ2n) is 8.89. The first kappa shape index (κ1) is 29.1. The quantitative estimate of drug-likeness (QED) is 0.251. The van der Waals surface area contributed by atoms with Crippen molar-refractivity contribution in [2.24, 2.45) is 5.92 Å². The lowest BCUT2D eigenvalue weighted by Gasteiger charge is -2.12. The molecule has 0 fully saturated rings. The van der Waals surface area contributed by atoms with Crippen molar-refractivity contribution in [1.82, 2.24) is 0 Å². The van der Waals surface area contributed by atoms with Gasteiger partial charge in [-0.1, -0.05) is 139 Å². The summed E-state index contributed by atoms with van der Waals surface area (Å²) in [4.78, 5) is 0. The van der Waals surface area contributed by atoms with Gasteiger partial charge in [-0.05, 0) is 76.1 Å². The number of hydrogen-bond donors (Lipinski definition) is 0. The third-order valence-corrected chi connectivity index (χ3v) is 6.62. The van der Waals surface area contributed by atoms with E-state index in [0.717, 1.165) is 6.42 Å². The van der Waals surface area contributed by atoms with Gasteiger partial charge in [-0.2, -0.15) is 0 Å². The second kappa shape index (κ2) is 15.1. The van der Waals surface area contributed by atoms with E-state index < -0.39 is 0 Å². The summed E-state index contributed by atoms with van der Waals surface area (Å²) in [5.74, 6) is 1.15. The maximum absolute atomic E-state index is 2.32. The monoisotopic (exact) mass is 478 g/mol. The number of allylic oxidation sites excluding steroid dienone is 4. The number of rotatable bonds is 2. The Kier molecular flexibility index (Phi) is 12.2. The zero-order valence-corrected chi connectivity index (χ0v) is 23.8. The third-order valence-electron chi connectivity index (χ3n) is 6.62. The summed E-state index contributed by atoms with van der Waals surface area (Å²) in [5, 5.41) is 6.98. The average Bonchev–Trinajstić information content (AvgIpc) is 3.18. The molecule has 0 nitrogen and oxygen atoms in total. The van der Waals surface area contributed by atoms with Crippen molar-refractivity contribution in [2.45, 2.75) is 74.1 Å². The highest BCUT2D eigenvalue weighted by Crippen LogP contribution is 2.29. The van der Waals surface area contributed by atoms with Crippen LogP contribution in [0.25, 0.3) is 27.6 Å². The van der Waals surface area contributed by atoms with Gasteiger partial charge < -0.3 is 0 Å². The molecule has 4 aromatic carbocycles. The molecule has 0 bridgehead atoms. The van der Waals surface area contributed by atoms with Crippen LogP contribution in [0.2, 0.25) is 0 Å². The minimum Gasteiger partial charge on any atom is -0.0870 e. The molecular formula is C36H46. The summed E-state index contributed by atoms with van der Waals surface area (Å²) < 4.78 is 0. The van der Waals surface area contributed by atoms with E-state index in [2.05, 4.69) is 125 Å². The molecule has 2 atom stereocenters. The van der Waals surface area contributed by atoms with Crippen molar-refractivity contribution >= 4 is 27.6 Å². The van der Waals surface area contributed by atoms with Crippen molar-refractivity contribution in [2.75, 3.05) is 0 Å². The minimum atomic E-state index is 0.473. The molecule has 0 aliphatic heterocycles. The van der Waals surface area contributed by atoms with E-state index in [-0.39, 0.29) is 0 Å². The maximum atomic E-state index is 2.32. The fraction of sp³-hybridized carbons (Fsp3) is 0.333. The highest BCUT2D eigenvalue weighted by molar-refractivity contribution is 6.12. The Morgan fingerprint density at radius 1 is 0.778 bits per heavy atom. The molecule has 0 amide bonds. The van der Waals surface area contributed by atoms with Gasteiger partial charge in [0.2, 0.25) is 0 Å². The van der Waals surface area contributed by atoms with Crippen LogP contribution in [-0.2, 0) is 6.42 Å². The zero-order chi connectivity index (χ0) is 26.5. The van der Waals surface area contributed by atoms with Crippen molar-refractivity contribution in [3.05, 3.63) is 113 Å². The molecule has 1 aliphatic rings. The molecule has 190 valence electrons. The lowest BCUT2D eigenvalue weighted by atomic mass is 9.92. The molecule has 0 radical (unpaired) electrons. The first-order chi connectivity index (χ1) is 17.6.